The molecule has 0 unspecified atom stereocenters. The summed E-state index contributed by atoms with van der Waals surface area (Å²) in [6, 6.07) is 15.8. The van der Waals surface area contributed by atoms with Crippen molar-refractivity contribution in [1.82, 2.24) is 9.66 Å². The van der Waals surface area contributed by atoms with Gasteiger partial charge in [-0.3, -0.25) is 14.9 Å². The Balaban J connectivity index is 1.65. The molecule has 0 fully saturated rings. The first-order valence-corrected chi connectivity index (χ1v) is 11.5. The lowest BCUT2D eigenvalue weighted by atomic mass is 10.2. The molecule has 0 spiro atoms. The first-order chi connectivity index (χ1) is 18.2. The van der Waals surface area contributed by atoms with Crippen molar-refractivity contribution in [2.45, 2.75) is 0 Å². The zero-order valence-corrected chi connectivity index (χ0v) is 20.5. The summed E-state index contributed by atoms with van der Waals surface area (Å²) < 4.78 is 11.9. The molecule has 0 amide bonds. The number of hydrogen-bond donors (Lipinski definition) is 1. The van der Waals surface area contributed by atoms with E-state index in [0.717, 1.165) is 10.7 Å². The highest BCUT2D eigenvalue weighted by Gasteiger charge is 2.22. The molecule has 0 aliphatic heterocycles. The number of hydrogen-bond acceptors (Lipinski definition) is 8. The maximum Gasteiger partial charge on any atom is 0.341 e. The van der Waals surface area contributed by atoms with Crippen LogP contribution in [0.4, 0.5) is 5.69 Å². The van der Waals surface area contributed by atoms with E-state index < -0.39 is 34.5 Å². The van der Waals surface area contributed by atoms with Crippen molar-refractivity contribution in [3.8, 4) is 17.3 Å². The smallest absolute Gasteiger partial charge is 0.341 e. The number of nitro groups is 1. The largest absolute Gasteiger partial charge is 0.479 e. The number of carbonyl (C=O) groups is 1. The Bertz CT molecular complexity index is 1850. The maximum atomic E-state index is 13.4. The van der Waals surface area contributed by atoms with Gasteiger partial charge in [-0.05, 0) is 42.5 Å². The molecule has 0 saturated heterocycles. The molecule has 3 aromatic carbocycles. The number of benzene rings is 3. The Hall–Kier alpha value is -4.74. The summed E-state index contributed by atoms with van der Waals surface area (Å²) in [6.07, 6.45) is 1.18. The average Bonchev–Trinajstić information content (AvgIpc) is 3.30. The predicted molar refractivity (Wildman–Crippen MR) is 140 cm³/mol. The molecule has 0 radical (unpaired) electrons. The van der Waals surface area contributed by atoms with Crippen molar-refractivity contribution in [2.24, 2.45) is 5.10 Å². The van der Waals surface area contributed by atoms with Crippen molar-refractivity contribution in [3.63, 3.8) is 0 Å². The van der Waals surface area contributed by atoms with E-state index in [-0.39, 0.29) is 27.6 Å². The van der Waals surface area contributed by atoms with E-state index >= 15 is 0 Å². The van der Waals surface area contributed by atoms with E-state index in [9.17, 15) is 19.7 Å². The number of aromatic nitrogens is 2. The second-order valence-electron chi connectivity index (χ2n) is 7.90. The van der Waals surface area contributed by atoms with Crippen molar-refractivity contribution in [2.75, 3.05) is 6.61 Å². The monoisotopic (exact) mass is 552 g/mol. The minimum absolute atomic E-state index is 0.0827. The number of fused-ring (bicyclic) bond motifs is 2. The Morgan fingerprint density at radius 2 is 1.97 bits per heavy atom. The second kappa shape index (κ2) is 9.96. The number of carboxylic acids is 1. The summed E-state index contributed by atoms with van der Waals surface area (Å²) >= 11 is 12.2. The summed E-state index contributed by atoms with van der Waals surface area (Å²) in [7, 11) is 0. The molecule has 0 atom stereocenters. The number of halogens is 2. The van der Waals surface area contributed by atoms with Gasteiger partial charge in [0.2, 0.25) is 11.6 Å². The molecule has 5 aromatic rings. The van der Waals surface area contributed by atoms with Crippen LogP contribution in [0, 0.1) is 10.1 Å². The lowest BCUT2D eigenvalue weighted by Gasteiger charge is -2.08. The van der Waals surface area contributed by atoms with Crippen LogP contribution in [0.3, 0.4) is 0 Å². The van der Waals surface area contributed by atoms with Gasteiger partial charge in [0, 0.05) is 22.0 Å². The molecular weight excluding hydrogens is 539 g/mol. The molecule has 1 N–H and O–H groups in total. The number of furan rings is 1. The summed E-state index contributed by atoms with van der Waals surface area (Å²) in [6.45, 7) is -0.821. The number of rotatable bonds is 7. The fourth-order valence-electron chi connectivity index (χ4n) is 3.73. The lowest BCUT2D eigenvalue weighted by Crippen LogP contribution is -2.20. The normalized spacial score (nSPS) is 11.4. The molecule has 13 heteroatoms. The van der Waals surface area contributed by atoms with Gasteiger partial charge in [-0.2, -0.15) is 9.78 Å². The molecular formula is C25H14Cl2N4O7. The van der Waals surface area contributed by atoms with Crippen LogP contribution in [0.2, 0.25) is 10.0 Å². The molecule has 0 bridgehead atoms. The minimum Gasteiger partial charge on any atom is -0.479 e. The second-order valence-corrected chi connectivity index (χ2v) is 8.74. The number of carboxylic acid groups (broad SMARTS) is 1. The molecule has 2 aromatic heterocycles. The summed E-state index contributed by atoms with van der Waals surface area (Å²) in [5.41, 5.74) is -0.00886. The van der Waals surface area contributed by atoms with Crippen LogP contribution in [0.1, 0.15) is 5.56 Å². The fourth-order valence-corrected chi connectivity index (χ4v) is 4.18. The number of aliphatic carboxylic acids is 1. The number of ether oxygens (including phenoxy) is 1. The third kappa shape index (κ3) is 4.80. The van der Waals surface area contributed by atoms with Gasteiger partial charge in [-0.15, -0.1) is 0 Å². The standard InChI is InChI=1S/C25H14Cl2N4O7/c26-15-5-6-20-14(9-15)10-21(38-20)24-29-18-4-2-1-3-16(18)25(34)30(24)28-11-13-7-17(27)23(37-12-22(32)33)19(8-13)31(35)36/h1-11H,12H2,(H,32,33). The third-order valence-electron chi connectivity index (χ3n) is 5.36. The van der Waals surface area contributed by atoms with Crippen LogP contribution < -0.4 is 10.3 Å². The van der Waals surface area contributed by atoms with E-state index in [4.69, 9.17) is 37.5 Å². The molecule has 0 aliphatic rings. The van der Waals surface area contributed by atoms with Gasteiger partial charge in [0.15, 0.2) is 12.4 Å². The van der Waals surface area contributed by atoms with Crippen LogP contribution in [0.15, 0.2) is 75.0 Å². The Labute approximate surface area is 222 Å². The SMILES string of the molecule is O=C(O)COc1c(Cl)cc(C=Nn2c(-c3cc4cc(Cl)ccc4o3)nc3ccccc3c2=O)cc1[N+](=O)[O-]. The first-order valence-electron chi connectivity index (χ1n) is 10.8. The molecule has 38 heavy (non-hydrogen) atoms. The van der Waals surface area contributed by atoms with Crippen molar-refractivity contribution < 1.29 is 24.0 Å². The van der Waals surface area contributed by atoms with Gasteiger partial charge < -0.3 is 14.3 Å². The van der Waals surface area contributed by atoms with Gasteiger partial charge in [0.05, 0.1) is 27.1 Å². The first kappa shape index (κ1) is 24.9. The summed E-state index contributed by atoms with van der Waals surface area (Å²) in [4.78, 5) is 39.6. The van der Waals surface area contributed by atoms with E-state index in [2.05, 4.69) is 10.1 Å². The highest BCUT2D eigenvalue weighted by atomic mass is 35.5. The predicted octanol–water partition coefficient (Wildman–Crippen LogP) is 5.37. The molecule has 0 aliphatic carbocycles. The maximum absolute atomic E-state index is 13.4. The Kier molecular flexibility index (Phi) is 6.53. The number of nitrogens with zero attached hydrogens (tertiary/aromatic N) is 4. The molecule has 190 valence electrons. The van der Waals surface area contributed by atoms with Crippen LogP contribution in [-0.2, 0) is 4.79 Å². The van der Waals surface area contributed by atoms with Crippen molar-refractivity contribution in [3.05, 3.63) is 96.7 Å². The van der Waals surface area contributed by atoms with E-state index in [1.807, 2.05) is 0 Å². The van der Waals surface area contributed by atoms with Gasteiger partial charge in [0.25, 0.3) is 5.56 Å². The molecule has 11 nitrogen and oxygen atoms in total. The fraction of sp³-hybridized carbons (Fsp3) is 0.0400. The third-order valence-corrected chi connectivity index (χ3v) is 5.87. The quantitative estimate of drug-likeness (QED) is 0.161. The Morgan fingerprint density at radius 1 is 1.18 bits per heavy atom. The molecule has 2 heterocycles. The van der Waals surface area contributed by atoms with Crippen LogP contribution >= 0.6 is 23.2 Å². The van der Waals surface area contributed by atoms with Gasteiger partial charge in [-0.25, -0.2) is 9.78 Å². The van der Waals surface area contributed by atoms with E-state index in [1.165, 1.54) is 12.3 Å². The van der Waals surface area contributed by atoms with Crippen LogP contribution in [0.25, 0.3) is 33.5 Å². The Morgan fingerprint density at radius 3 is 2.74 bits per heavy atom. The van der Waals surface area contributed by atoms with Crippen LogP contribution in [0.5, 0.6) is 5.75 Å². The topological polar surface area (TPSA) is 150 Å². The van der Waals surface area contributed by atoms with E-state index in [0.29, 0.717) is 21.5 Å². The van der Waals surface area contributed by atoms with Crippen molar-refractivity contribution >= 4 is 62.9 Å². The van der Waals surface area contributed by atoms with Crippen LogP contribution in [-0.4, -0.2) is 38.5 Å². The summed E-state index contributed by atoms with van der Waals surface area (Å²) in [5.74, 6) is -1.41. The van der Waals surface area contributed by atoms with Gasteiger partial charge in [-0.1, -0.05) is 35.3 Å². The zero-order chi connectivity index (χ0) is 27.0. The zero-order valence-electron chi connectivity index (χ0n) is 19.0. The minimum atomic E-state index is -1.33. The molecule has 0 saturated carbocycles. The highest BCUT2D eigenvalue weighted by Crippen LogP contribution is 2.36. The highest BCUT2D eigenvalue weighted by molar-refractivity contribution is 6.32. The lowest BCUT2D eigenvalue weighted by molar-refractivity contribution is -0.385. The molecule has 5 rings (SSSR count). The number of para-hydroxylation sites is 1. The van der Waals surface area contributed by atoms with Gasteiger partial charge in [0.1, 0.15) is 5.58 Å². The van der Waals surface area contributed by atoms with Gasteiger partial charge >= 0.3 is 11.7 Å². The van der Waals surface area contributed by atoms with E-state index in [1.54, 1.807) is 48.5 Å². The van der Waals surface area contributed by atoms with Crippen molar-refractivity contribution in [1.29, 1.82) is 0 Å². The average molecular weight is 553 g/mol. The summed E-state index contributed by atoms with van der Waals surface area (Å²) in [5, 5.41) is 25.9. The number of nitro benzene ring substituents is 1.